The molecule has 0 spiro atoms. The molecule has 2 saturated heterocycles. The topological polar surface area (TPSA) is 114 Å². The standard InChI is InChI=1S/C9H13N3O5/c1-9(2)15-3-4(17-9)7-5(11-12-10)6(13)8(14)16-7/h4-7,13H,3H2,1-2H3/t4-,5+,6-,7+/m1/s1. The molecular formula is C9H13N3O5. The second kappa shape index (κ2) is 4.15. The van der Waals surface area contributed by atoms with Crippen molar-refractivity contribution in [3.63, 3.8) is 0 Å². The van der Waals surface area contributed by atoms with Crippen LogP contribution in [0.15, 0.2) is 5.11 Å². The van der Waals surface area contributed by atoms with Crippen LogP contribution in [-0.2, 0) is 19.0 Å². The SMILES string of the molecule is CC1(C)OC[C@H]([C@@H]2OC(=O)[C@H](O)[C@@H]2N=[N+]=[N-])O1. The molecule has 17 heavy (non-hydrogen) atoms. The van der Waals surface area contributed by atoms with Crippen molar-refractivity contribution in [2.75, 3.05) is 6.61 Å². The van der Waals surface area contributed by atoms with Gasteiger partial charge in [-0.2, -0.15) is 0 Å². The Morgan fingerprint density at radius 1 is 1.59 bits per heavy atom. The molecule has 0 bridgehead atoms. The number of rotatable bonds is 2. The molecule has 0 saturated carbocycles. The fourth-order valence-electron chi connectivity index (χ4n) is 1.95. The smallest absolute Gasteiger partial charge is 0.335 e. The van der Waals surface area contributed by atoms with Gasteiger partial charge in [0.1, 0.15) is 18.2 Å². The summed E-state index contributed by atoms with van der Waals surface area (Å²) in [5.41, 5.74) is 8.40. The van der Waals surface area contributed by atoms with Gasteiger partial charge in [-0.1, -0.05) is 5.11 Å². The number of carbonyl (C=O) groups excluding carboxylic acids is 1. The summed E-state index contributed by atoms with van der Waals surface area (Å²) in [7, 11) is 0. The lowest BCUT2D eigenvalue weighted by Gasteiger charge is -2.22. The zero-order valence-corrected chi connectivity index (χ0v) is 9.44. The maximum Gasteiger partial charge on any atom is 0.335 e. The zero-order valence-electron chi connectivity index (χ0n) is 9.44. The number of azide groups is 1. The normalized spacial score (nSPS) is 39.8. The van der Waals surface area contributed by atoms with Crippen molar-refractivity contribution >= 4 is 5.97 Å². The van der Waals surface area contributed by atoms with Gasteiger partial charge in [-0.15, -0.1) is 0 Å². The molecule has 0 amide bonds. The highest BCUT2D eigenvalue weighted by Crippen LogP contribution is 2.31. The van der Waals surface area contributed by atoms with Crippen LogP contribution >= 0.6 is 0 Å². The third kappa shape index (κ3) is 2.20. The number of nitrogens with zero attached hydrogens (tertiary/aromatic N) is 3. The van der Waals surface area contributed by atoms with E-state index in [-0.39, 0.29) is 6.61 Å². The van der Waals surface area contributed by atoms with Crippen LogP contribution in [0.5, 0.6) is 0 Å². The van der Waals surface area contributed by atoms with Crippen LogP contribution in [0.3, 0.4) is 0 Å². The van der Waals surface area contributed by atoms with E-state index in [0.717, 1.165) is 0 Å². The van der Waals surface area contributed by atoms with Crippen molar-refractivity contribution in [2.45, 2.75) is 44.0 Å². The van der Waals surface area contributed by atoms with E-state index >= 15 is 0 Å². The minimum Gasteiger partial charge on any atom is -0.457 e. The van der Waals surface area contributed by atoms with E-state index in [4.69, 9.17) is 19.7 Å². The number of carbonyl (C=O) groups is 1. The van der Waals surface area contributed by atoms with Gasteiger partial charge in [0.05, 0.1) is 6.61 Å². The highest BCUT2D eigenvalue weighted by atomic mass is 16.8. The van der Waals surface area contributed by atoms with Crippen LogP contribution in [0, 0.1) is 0 Å². The van der Waals surface area contributed by atoms with Crippen LogP contribution < -0.4 is 0 Å². The van der Waals surface area contributed by atoms with E-state index in [1.165, 1.54) is 0 Å². The molecule has 8 heteroatoms. The summed E-state index contributed by atoms with van der Waals surface area (Å²) in [6, 6.07) is -0.977. The molecule has 0 aromatic rings. The number of aliphatic hydroxyl groups excluding tert-OH is 1. The molecular weight excluding hydrogens is 230 g/mol. The summed E-state index contributed by atoms with van der Waals surface area (Å²) < 4.78 is 15.8. The maximum atomic E-state index is 11.2. The predicted octanol–water partition coefficient (Wildman–Crippen LogP) is 0.103. The average Bonchev–Trinajstić information content (AvgIpc) is 2.73. The Kier molecular flexibility index (Phi) is 2.96. The summed E-state index contributed by atoms with van der Waals surface area (Å²) in [5, 5.41) is 12.9. The number of esters is 1. The molecule has 0 radical (unpaired) electrons. The van der Waals surface area contributed by atoms with E-state index in [2.05, 4.69) is 10.0 Å². The minimum absolute atomic E-state index is 0.217. The first-order valence-electron chi connectivity index (χ1n) is 5.19. The number of aliphatic hydroxyl groups is 1. The number of hydrogen-bond donors (Lipinski definition) is 1. The molecule has 0 aromatic heterocycles. The highest BCUT2D eigenvalue weighted by molar-refractivity contribution is 5.78. The van der Waals surface area contributed by atoms with Crippen LogP contribution in [0.1, 0.15) is 13.8 Å². The molecule has 2 fully saturated rings. The van der Waals surface area contributed by atoms with Gasteiger partial charge in [0.25, 0.3) is 0 Å². The van der Waals surface area contributed by atoms with Gasteiger partial charge in [0.15, 0.2) is 11.9 Å². The van der Waals surface area contributed by atoms with Crippen molar-refractivity contribution in [2.24, 2.45) is 5.11 Å². The van der Waals surface area contributed by atoms with Gasteiger partial charge in [0.2, 0.25) is 0 Å². The molecule has 2 aliphatic heterocycles. The van der Waals surface area contributed by atoms with Crippen molar-refractivity contribution in [3.8, 4) is 0 Å². The van der Waals surface area contributed by atoms with Crippen LogP contribution in [0.25, 0.3) is 10.4 Å². The van der Waals surface area contributed by atoms with E-state index in [9.17, 15) is 9.90 Å². The van der Waals surface area contributed by atoms with Crippen LogP contribution in [0.4, 0.5) is 0 Å². The minimum atomic E-state index is -1.44. The van der Waals surface area contributed by atoms with Gasteiger partial charge in [-0.25, -0.2) is 4.79 Å². The number of ether oxygens (including phenoxy) is 3. The predicted molar refractivity (Wildman–Crippen MR) is 53.7 cm³/mol. The molecule has 0 aromatic carbocycles. The Balaban J connectivity index is 2.15. The lowest BCUT2D eigenvalue weighted by atomic mass is 10.0. The summed E-state index contributed by atoms with van der Waals surface area (Å²) in [6.45, 7) is 3.67. The zero-order chi connectivity index (χ0) is 12.6. The molecule has 2 aliphatic rings. The fourth-order valence-corrected chi connectivity index (χ4v) is 1.95. The van der Waals surface area contributed by atoms with E-state index < -0.39 is 36.1 Å². The lowest BCUT2D eigenvalue weighted by molar-refractivity contribution is -0.163. The molecule has 2 rings (SSSR count). The first-order chi connectivity index (χ1) is 7.94. The Hall–Kier alpha value is -1.34. The van der Waals surface area contributed by atoms with Crippen LogP contribution in [-0.4, -0.2) is 47.8 Å². The van der Waals surface area contributed by atoms with Gasteiger partial charge in [0, 0.05) is 4.91 Å². The molecule has 4 atom stereocenters. The third-order valence-corrected chi connectivity index (χ3v) is 2.74. The van der Waals surface area contributed by atoms with Crippen LogP contribution in [0.2, 0.25) is 0 Å². The van der Waals surface area contributed by atoms with Gasteiger partial charge in [-0.05, 0) is 19.4 Å². The monoisotopic (exact) mass is 243 g/mol. The van der Waals surface area contributed by atoms with Gasteiger partial charge >= 0.3 is 5.97 Å². The first kappa shape index (κ1) is 12.1. The lowest BCUT2D eigenvalue weighted by Crippen LogP contribution is -2.39. The number of cyclic esters (lactones) is 1. The van der Waals surface area contributed by atoms with Crippen molar-refractivity contribution < 1.29 is 24.1 Å². The van der Waals surface area contributed by atoms with Gasteiger partial charge in [-0.3, -0.25) is 0 Å². The third-order valence-electron chi connectivity index (χ3n) is 2.74. The van der Waals surface area contributed by atoms with E-state index in [1.54, 1.807) is 13.8 Å². The van der Waals surface area contributed by atoms with Crippen molar-refractivity contribution in [3.05, 3.63) is 10.4 Å². The molecule has 1 N–H and O–H groups in total. The molecule has 0 aliphatic carbocycles. The van der Waals surface area contributed by atoms with E-state index in [0.29, 0.717) is 0 Å². The second-order valence-electron chi connectivity index (χ2n) is 4.41. The Morgan fingerprint density at radius 3 is 2.82 bits per heavy atom. The molecule has 2 heterocycles. The molecule has 94 valence electrons. The summed E-state index contributed by atoms with van der Waals surface area (Å²) in [5.74, 6) is -1.58. The first-order valence-corrected chi connectivity index (χ1v) is 5.19. The molecule has 0 unspecified atom stereocenters. The Bertz CT molecular complexity index is 379. The Morgan fingerprint density at radius 2 is 2.29 bits per heavy atom. The largest absolute Gasteiger partial charge is 0.457 e. The number of hydrogen-bond acceptors (Lipinski definition) is 6. The quantitative estimate of drug-likeness (QED) is 0.320. The van der Waals surface area contributed by atoms with Crippen molar-refractivity contribution in [1.29, 1.82) is 0 Å². The van der Waals surface area contributed by atoms with Crippen molar-refractivity contribution in [1.82, 2.24) is 0 Å². The van der Waals surface area contributed by atoms with E-state index in [1.807, 2.05) is 0 Å². The molecule has 8 nitrogen and oxygen atoms in total. The maximum absolute atomic E-state index is 11.2. The average molecular weight is 243 g/mol. The van der Waals surface area contributed by atoms with Gasteiger partial charge < -0.3 is 19.3 Å². The summed E-state index contributed by atoms with van der Waals surface area (Å²) in [4.78, 5) is 13.8. The summed E-state index contributed by atoms with van der Waals surface area (Å²) >= 11 is 0. The Labute approximate surface area is 97.1 Å². The summed E-state index contributed by atoms with van der Waals surface area (Å²) in [6.07, 6.45) is -2.79. The highest BCUT2D eigenvalue weighted by Gasteiger charge is 2.51. The fraction of sp³-hybridized carbons (Fsp3) is 0.889. The second-order valence-corrected chi connectivity index (χ2v) is 4.41.